The lowest BCUT2D eigenvalue weighted by molar-refractivity contribution is -0.130. The van der Waals surface area contributed by atoms with Crippen LogP contribution in [0.25, 0.3) is 0 Å². The number of carbonyl (C=O) groups is 2. The first kappa shape index (κ1) is 23.5. The predicted molar refractivity (Wildman–Crippen MR) is 128 cm³/mol. The molecule has 2 amide bonds. The number of fused-ring (bicyclic) bond motifs is 1. The molecular formula is C26H28ClN3O2. The van der Waals surface area contributed by atoms with Crippen LogP contribution in [0, 0.1) is 0 Å². The fourth-order valence-electron chi connectivity index (χ4n) is 3.95. The Balaban J connectivity index is 0.00000289. The summed E-state index contributed by atoms with van der Waals surface area (Å²) in [6, 6.07) is 26.0. The molecule has 0 aliphatic carbocycles. The van der Waals surface area contributed by atoms with Gasteiger partial charge in [0.2, 0.25) is 11.8 Å². The standard InChI is InChI=1S/C26H27N3O2.ClH/c1-18(19-10-4-2-5-11-19)28-26(31)24(20-12-6-3-7-13-20)29-25(30)23-16-21-14-8-9-15-22(21)17-27-23;/h2-15,18,23-24,27H,16-17H2,1H3,(H,28,31)(H,29,30);1H/t18?,23-,24+;/m0./s1. The number of rotatable bonds is 6. The average molecular weight is 450 g/mol. The largest absolute Gasteiger partial charge is 0.347 e. The Bertz CT molecular complexity index is 1040. The zero-order chi connectivity index (χ0) is 21.6. The van der Waals surface area contributed by atoms with Crippen LogP contribution in [0.4, 0.5) is 0 Å². The molecule has 6 heteroatoms. The van der Waals surface area contributed by atoms with Gasteiger partial charge in [0.15, 0.2) is 0 Å². The van der Waals surface area contributed by atoms with E-state index in [1.165, 1.54) is 11.1 Å². The number of halogens is 1. The lowest BCUT2D eigenvalue weighted by Crippen LogP contribution is -2.51. The van der Waals surface area contributed by atoms with Crippen molar-refractivity contribution < 1.29 is 9.59 Å². The van der Waals surface area contributed by atoms with E-state index in [1.54, 1.807) is 0 Å². The van der Waals surface area contributed by atoms with E-state index in [0.717, 1.165) is 11.1 Å². The van der Waals surface area contributed by atoms with Gasteiger partial charge in [-0.15, -0.1) is 12.4 Å². The lowest BCUT2D eigenvalue weighted by Gasteiger charge is -2.28. The topological polar surface area (TPSA) is 70.2 Å². The van der Waals surface area contributed by atoms with Crippen LogP contribution in [0.1, 0.15) is 41.3 Å². The highest BCUT2D eigenvalue weighted by Crippen LogP contribution is 2.20. The molecule has 0 saturated carbocycles. The molecule has 166 valence electrons. The van der Waals surface area contributed by atoms with Crippen molar-refractivity contribution in [3.8, 4) is 0 Å². The summed E-state index contributed by atoms with van der Waals surface area (Å²) in [7, 11) is 0. The molecule has 0 spiro atoms. The molecular weight excluding hydrogens is 422 g/mol. The number of hydrogen-bond donors (Lipinski definition) is 3. The first-order valence-electron chi connectivity index (χ1n) is 10.6. The van der Waals surface area contributed by atoms with Crippen molar-refractivity contribution in [3.63, 3.8) is 0 Å². The van der Waals surface area contributed by atoms with Gasteiger partial charge in [0.05, 0.1) is 12.1 Å². The second-order valence-corrected chi connectivity index (χ2v) is 7.90. The summed E-state index contributed by atoms with van der Waals surface area (Å²) >= 11 is 0. The number of carbonyl (C=O) groups excluding carboxylic acids is 2. The molecule has 4 rings (SSSR count). The molecule has 1 unspecified atom stereocenters. The van der Waals surface area contributed by atoms with Crippen LogP contribution in [0.3, 0.4) is 0 Å². The predicted octanol–water partition coefficient (Wildman–Crippen LogP) is 3.86. The Hall–Kier alpha value is -3.15. The molecule has 0 saturated heterocycles. The van der Waals surface area contributed by atoms with Crippen LogP contribution in [0.2, 0.25) is 0 Å². The molecule has 3 aromatic carbocycles. The van der Waals surface area contributed by atoms with E-state index in [9.17, 15) is 9.59 Å². The van der Waals surface area contributed by atoms with E-state index < -0.39 is 6.04 Å². The van der Waals surface area contributed by atoms with Crippen molar-refractivity contribution in [1.82, 2.24) is 16.0 Å². The van der Waals surface area contributed by atoms with Gasteiger partial charge in [-0.1, -0.05) is 84.9 Å². The van der Waals surface area contributed by atoms with Crippen molar-refractivity contribution in [2.24, 2.45) is 0 Å². The van der Waals surface area contributed by atoms with Gasteiger partial charge in [-0.25, -0.2) is 0 Å². The van der Waals surface area contributed by atoms with Gasteiger partial charge in [-0.2, -0.15) is 0 Å². The van der Waals surface area contributed by atoms with E-state index in [4.69, 9.17) is 0 Å². The van der Waals surface area contributed by atoms with Crippen LogP contribution >= 0.6 is 12.4 Å². The quantitative estimate of drug-likeness (QED) is 0.535. The number of hydrogen-bond acceptors (Lipinski definition) is 3. The van der Waals surface area contributed by atoms with E-state index in [-0.39, 0.29) is 36.3 Å². The highest BCUT2D eigenvalue weighted by Gasteiger charge is 2.29. The first-order valence-corrected chi connectivity index (χ1v) is 10.6. The van der Waals surface area contributed by atoms with Gasteiger partial charge in [0, 0.05) is 6.54 Å². The average Bonchev–Trinajstić information content (AvgIpc) is 2.83. The second kappa shape index (κ2) is 10.9. The fourth-order valence-corrected chi connectivity index (χ4v) is 3.95. The first-order chi connectivity index (χ1) is 15.1. The molecule has 0 aromatic heterocycles. The summed E-state index contributed by atoms with van der Waals surface area (Å²) in [5, 5.41) is 9.32. The smallest absolute Gasteiger partial charge is 0.247 e. The molecule has 0 fully saturated rings. The maximum Gasteiger partial charge on any atom is 0.247 e. The normalized spacial score (nSPS) is 16.6. The summed E-state index contributed by atoms with van der Waals surface area (Å²) in [4.78, 5) is 26.3. The van der Waals surface area contributed by atoms with E-state index in [0.29, 0.717) is 13.0 Å². The van der Waals surface area contributed by atoms with E-state index in [1.807, 2.05) is 79.7 Å². The van der Waals surface area contributed by atoms with Crippen molar-refractivity contribution in [3.05, 3.63) is 107 Å². The van der Waals surface area contributed by atoms with Gasteiger partial charge in [0.25, 0.3) is 0 Å². The van der Waals surface area contributed by atoms with Gasteiger partial charge in [0.1, 0.15) is 6.04 Å². The Kier molecular flexibility index (Phi) is 8.03. The minimum atomic E-state index is -0.765. The van der Waals surface area contributed by atoms with Crippen molar-refractivity contribution in [1.29, 1.82) is 0 Å². The maximum atomic E-state index is 13.2. The SMILES string of the molecule is CC(NC(=O)[C@H](NC(=O)[C@@H]1Cc2ccccc2CN1)c1ccccc1)c1ccccc1.Cl. The molecule has 1 aliphatic heterocycles. The van der Waals surface area contributed by atoms with Crippen molar-refractivity contribution >= 4 is 24.2 Å². The monoisotopic (exact) mass is 449 g/mol. The molecule has 32 heavy (non-hydrogen) atoms. The molecule has 5 nitrogen and oxygen atoms in total. The number of nitrogens with one attached hydrogen (secondary N) is 3. The summed E-state index contributed by atoms with van der Waals surface area (Å²) in [5.74, 6) is -0.405. The third kappa shape index (κ3) is 5.55. The van der Waals surface area contributed by atoms with E-state index >= 15 is 0 Å². The Morgan fingerprint density at radius 2 is 1.38 bits per heavy atom. The summed E-state index contributed by atoms with van der Waals surface area (Å²) in [6.45, 7) is 2.58. The molecule has 3 atom stereocenters. The van der Waals surface area contributed by atoms with Crippen LogP contribution in [-0.2, 0) is 22.6 Å². The van der Waals surface area contributed by atoms with Crippen LogP contribution in [0.15, 0.2) is 84.9 Å². The van der Waals surface area contributed by atoms with Gasteiger partial charge in [-0.3, -0.25) is 9.59 Å². The van der Waals surface area contributed by atoms with Gasteiger partial charge >= 0.3 is 0 Å². The second-order valence-electron chi connectivity index (χ2n) is 7.90. The van der Waals surface area contributed by atoms with Crippen LogP contribution in [-0.4, -0.2) is 17.9 Å². The number of amides is 2. The molecule has 3 N–H and O–H groups in total. The zero-order valence-electron chi connectivity index (χ0n) is 18.0. The minimum Gasteiger partial charge on any atom is -0.347 e. The maximum absolute atomic E-state index is 13.2. The van der Waals surface area contributed by atoms with Crippen LogP contribution < -0.4 is 16.0 Å². The number of benzene rings is 3. The third-order valence-corrected chi connectivity index (χ3v) is 5.74. The fraction of sp³-hybridized carbons (Fsp3) is 0.231. The van der Waals surface area contributed by atoms with Gasteiger partial charge < -0.3 is 16.0 Å². The summed E-state index contributed by atoms with van der Waals surface area (Å²) < 4.78 is 0. The highest BCUT2D eigenvalue weighted by atomic mass is 35.5. The van der Waals surface area contributed by atoms with Crippen molar-refractivity contribution in [2.45, 2.75) is 38.0 Å². The molecule has 0 radical (unpaired) electrons. The zero-order valence-corrected chi connectivity index (χ0v) is 18.8. The van der Waals surface area contributed by atoms with Crippen LogP contribution in [0.5, 0.6) is 0 Å². The van der Waals surface area contributed by atoms with Crippen molar-refractivity contribution in [2.75, 3.05) is 0 Å². The Morgan fingerprint density at radius 3 is 2.03 bits per heavy atom. The third-order valence-electron chi connectivity index (χ3n) is 5.74. The van der Waals surface area contributed by atoms with Gasteiger partial charge in [-0.05, 0) is 35.6 Å². The summed E-state index contributed by atoms with van der Waals surface area (Å²) in [5.41, 5.74) is 4.14. The summed E-state index contributed by atoms with van der Waals surface area (Å²) in [6.07, 6.45) is 0.603. The van der Waals surface area contributed by atoms with E-state index in [2.05, 4.69) is 28.1 Å². The molecule has 1 heterocycles. The molecule has 0 bridgehead atoms. The molecule has 3 aromatic rings. The lowest BCUT2D eigenvalue weighted by atomic mass is 9.95. The Morgan fingerprint density at radius 1 is 0.812 bits per heavy atom. The molecule has 1 aliphatic rings. The minimum absolute atomic E-state index is 0. The highest BCUT2D eigenvalue weighted by molar-refractivity contribution is 5.91. The Labute approximate surface area is 195 Å².